The first-order valence-electron chi connectivity index (χ1n) is 6.99. The quantitative estimate of drug-likeness (QED) is 0.885. The van der Waals surface area contributed by atoms with Crippen molar-refractivity contribution in [3.63, 3.8) is 0 Å². The van der Waals surface area contributed by atoms with E-state index in [0.29, 0.717) is 17.0 Å². The Bertz CT molecular complexity index is 640. The predicted molar refractivity (Wildman–Crippen MR) is 84.7 cm³/mol. The minimum atomic E-state index is -0.00458. The lowest BCUT2D eigenvalue weighted by molar-refractivity contribution is 0.0734. The molecule has 0 spiro atoms. The van der Waals surface area contributed by atoms with Gasteiger partial charge < -0.3 is 15.4 Å². The number of methoxy groups -OCH3 is 1. The molecule has 110 valence electrons. The van der Waals surface area contributed by atoms with Crippen molar-refractivity contribution >= 4 is 22.9 Å². The SMILES string of the molecule is COc1c(N)cccc1C(=O)N1CCCC1c1cccs1. The molecule has 0 bridgehead atoms. The highest BCUT2D eigenvalue weighted by molar-refractivity contribution is 7.10. The zero-order chi connectivity index (χ0) is 14.8. The van der Waals surface area contributed by atoms with E-state index in [-0.39, 0.29) is 11.9 Å². The number of hydrogen-bond donors (Lipinski definition) is 1. The van der Waals surface area contributed by atoms with E-state index < -0.39 is 0 Å². The molecule has 1 atom stereocenters. The van der Waals surface area contributed by atoms with Crippen molar-refractivity contribution in [2.24, 2.45) is 0 Å². The van der Waals surface area contributed by atoms with Crippen LogP contribution < -0.4 is 10.5 Å². The lowest BCUT2D eigenvalue weighted by Gasteiger charge is -2.25. The van der Waals surface area contributed by atoms with Crippen molar-refractivity contribution in [1.29, 1.82) is 0 Å². The summed E-state index contributed by atoms with van der Waals surface area (Å²) in [6, 6.07) is 9.61. The van der Waals surface area contributed by atoms with Gasteiger partial charge in [-0.1, -0.05) is 12.1 Å². The van der Waals surface area contributed by atoms with Gasteiger partial charge in [0.25, 0.3) is 5.91 Å². The maximum Gasteiger partial charge on any atom is 0.258 e. The van der Waals surface area contributed by atoms with Gasteiger partial charge in [0, 0.05) is 11.4 Å². The highest BCUT2D eigenvalue weighted by atomic mass is 32.1. The standard InChI is InChI=1S/C16H18N2O2S/c1-20-15-11(5-2-6-12(15)17)16(19)18-9-3-7-13(18)14-8-4-10-21-14/h2,4-6,8,10,13H,3,7,9,17H2,1H3. The number of ether oxygens (including phenoxy) is 1. The van der Waals surface area contributed by atoms with Gasteiger partial charge in [-0.3, -0.25) is 4.79 Å². The summed E-state index contributed by atoms with van der Waals surface area (Å²) < 4.78 is 5.31. The molecule has 2 aromatic rings. The summed E-state index contributed by atoms with van der Waals surface area (Å²) in [5.74, 6) is 0.467. The van der Waals surface area contributed by atoms with Gasteiger partial charge in [0.15, 0.2) is 5.75 Å². The molecule has 1 unspecified atom stereocenters. The molecule has 1 amide bonds. The van der Waals surface area contributed by atoms with Crippen LogP contribution in [0.25, 0.3) is 0 Å². The molecule has 1 fully saturated rings. The molecular formula is C16H18N2O2S. The van der Waals surface area contributed by atoms with Crippen LogP contribution in [0.2, 0.25) is 0 Å². The Labute approximate surface area is 128 Å². The Morgan fingerprint density at radius 1 is 1.38 bits per heavy atom. The number of carbonyl (C=O) groups excluding carboxylic acids is 1. The number of nitrogens with zero attached hydrogens (tertiary/aromatic N) is 1. The molecule has 4 nitrogen and oxygen atoms in total. The Hall–Kier alpha value is -2.01. The predicted octanol–water partition coefficient (Wildman–Crippen LogP) is 3.32. The summed E-state index contributed by atoms with van der Waals surface area (Å²) in [5.41, 5.74) is 6.94. The van der Waals surface area contributed by atoms with Gasteiger partial charge in [0.1, 0.15) is 0 Å². The Balaban J connectivity index is 1.93. The molecule has 2 N–H and O–H groups in total. The third-order valence-corrected chi connectivity index (χ3v) is 4.84. The summed E-state index contributed by atoms with van der Waals surface area (Å²) in [6.07, 6.45) is 2.04. The number of rotatable bonds is 3. The van der Waals surface area contributed by atoms with Crippen molar-refractivity contribution in [1.82, 2.24) is 4.90 Å². The van der Waals surface area contributed by atoms with Gasteiger partial charge in [-0.25, -0.2) is 0 Å². The van der Waals surface area contributed by atoms with Crippen molar-refractivity contribution in [2.45, 2.75) is 18.9 Å². The molecular weight excluding hydrogens is 284 g/mol. The monoisotopic (exact) mass is 302 g/mol. The van der Waals surface area contributed by atoms with E-state index in [9.17, 15) is 4.79 Å². The average molecular weight is 302 g/mol. The first kappa shape index (κ1) is 13.9. The molecule has 1 aliphatic heterocycles. The number of likely N-dealkylation sites (tertiary alicyclic amines) is 1. The van der Waals surface area contributed by atoms with Crippen LogP contribution in [0, 0.1) is 0 Å². The fraction of sp³-hybridized carbons (Fsp3) is 0.312. The Morgan fingerprint density at radius 2 is 2.24 bits per heavy atom. The van der Waals surface area contributed by atoms with Crippen molar-refractivity contribution in [3.8, 4) is 5.75 Å². The van der Waals surface area contributed by atoms with Gasteiger partial charge in [-0.05, 0) is 36.4 Å². The van der Waals surface area contributed by atoms with E-state index >= 15 is 0 Å². The number of nitrogens with two attached hydrogens (primary N) is 1. The number of anilines is 1. The van der Waals surface area contributed by atoms with Crippen molar-refractivity contribution < 1.29 is 9.53 Å². The maximum absolute atomic E-state index is 12.9. The second-order valence-electron chi connectivity index (χ2n) is 5.10. The Morgan fingerprint density at radius 3 is 2.95 bits per heavy atom. The van der Waals surface area contributed by atoms with E-state index in [1.807, 2.05) is 11.0 Å². The molecule has 0 saturated carbocycles. The molecule has 5 heteroatoms. The van der Waals surface area contributed by atoms with E-state index in [1.165, 1.54) is 4.88 Å². The lowest BCUT2D eigenvalue weighted by atomic mass is 10.1. The zero-order valence-electron chi connectivity index (χ0n) is 11.9. The third-order valence-electron chi connectivity index (χ3n) is 3.87. The summed E-state index contributed by atoms with van der Waals surface area (Å²) in [6.45, 7) is 0.777. The number of amides is 1. The minimum Gasteiger partial charge on any atom is -0.494 e. The smallest absolute Gasteiger partial charge is 0.258 e. The van der Waals surface area contributed by atoms with E-state index in [4.69, 9.17) is 10.5 Å². The number of para-hydroxylation sites is 1. The first-order chi connectivity index (χ1) is 10.2. The van der Waals surface area contributed by atoms with Crippen molar-refractivity contribution in [3.05, 3.63) is 46.2 Å². The number of thiophene rings is 1. The van der Waals surface area contributed by atoms with Crippen LogP contribution in [0.4, 0.5) is 5.69 Å². The van der Waals surface area contributed by atoms with Gasteiger partial charge in [-0.15, -0.1) is 11.3 Å². The first-order valence-corrected chi connectivity index (χ1v) is 7.87. The number of benzene rings is 1. The normalized spacial score (nSPS) is 18.0. The molecule has 2 heterocycles. The molecule has 1 saturated heterocycles. The van der Waals surface area contributed by atoms with Crippen LogP contribution in [-0.2, 0) is 0 Å². The van der Waals surface area contributed by atoms with Gasteiger partial charge in [0.2, 0.25) is 0 Å². The number of nitrogen functional groups attached to an aromatic ring is 1. The van der Waals surface area contributed by atoms with Gasteiger partial charge in [-0.2, -0.15) is 0 Å². The number of carbonyl (C=O) groups is 1. The van der Waals surface area contributed by atoms with Crippen LogP contribution in [0.15, 0.2) is 35.7 Å². The minimum absolute atomic E-state index is 0.00458. The molecule has 1 aromatic heterocycles. The number of hydrogen-bond acceptors (Lipinski definition) is 4. The Kier molecular flexibility index (Phi) is 3.84. The summed E-state index contributed by atoms with van der Waals surface area (Å²) in [4.78, 5) is 16.1. The average Bonchev–Trinajstić information content (AvgIpc) is 3.16. The highest BCUT2D eigenvalue weighted by Crippen LogP contribution is 2.37. The van der Waals surface area contributed by atoms with E-state index in [2.05, 4.69) is 11.4 Å². The maximum atomic E-state index is 12.9. The second kappa shape index (κ2) is 5.77. The zero-order valence-corrected chi connectivity index (χ0v) is 12.7. The fourth-order valence-corrected chi connectivity index (χ4v) is 3.77. The molecule has 1 aliphatic rings. The highest BCUT2D eigenvalue weighted by Gasteiger charge is 2.32. The molecule has 3 rings (SSSR count). The van der Waals surface area contributed by atoms with Gasteiger partial charge >= 0.3 is 0 Å². The molecule has 0 radical (unpaired) electrons. The van der Waals surface area contributed by atoms with Crippen LogP contribution in [0.3, 0.4) is 0 Å². The summed E-state index contributed by atoms with van der Waals surface area (Å²) >= 11 is 1.70. The summed E-state index contributed by atoms with van der Waals surface area (Å²) in [5, 5.41) is 2.05. The lowest BCUT2D eigenvalue weighted by Crippen LogP contribution is -2.30. The van der Waals surface area contributed by atoms with Gasteiger partial charge in [0.05, 0.1) is 24.4 Å². The van der Waals surface area contributed by atoms with Crippen LogP contribution in [0.1, 0.15) is 34.1 Å². The second-order valence-corrected chi connectivity index (χ2v) is 6.08. The van der Waals surface area contributed by atoms with Crippen LogP contribution in [0.5, 0.6) is 5.75 Å². The largest absolute Gasteiger partial charge is 0.494 e. The van der Waals surface area contributed by atoms with E-state index in [0.717, 1.165) is 19.4 Å². The van der Waals surface area contributed by atoms with Crippen LogP contribution in [-0.4, -0.2) is 24.5 Å². The van der Waals surface area contributed by atoms with E-state index in [1.54, 1.807) is 36.6 Å². The van der Waals surface area contributed by atoms with Crippen LogP contribution >= 0.6 is 11.3 Å². The van der Waals surface area contributed by atoms with Crippen molar-refractivity contribution in [2.75, 3.05) is 19.4 Å². The molecule has 1 aromatic carbocycles. The summed E-state index contributed by atoms with van der Waals surface area (Å²) in [7, 11) is 1.54. The third kappa shape index (κ3) is 2.49. The fourth-order valence-electron chi connectivity index (χ4n) is 2.89. The molecule has 21 heavy (non-hydrogen) atoms. The molecule has 0 aliphatic carbocycles. The topological polar surface area (TPSA) is 55.6 Å².